The fourth-order valence-corrected chi connectivity index (χ4v) is 1.76. The molecule has 9 heteroatoms. The van der Waals surface area contributed by atoms with Crippen LogP contribution in [0.25, 0.3) is 0 Å². The second-order valence-electron chi connectivity index (χ2n) is 4.96. The van der Waals surface area contributed by atoms with Gasteiger partial charge < -0.3 is 20.6 Å². The molecule has 0 radical (unpaired) electrons. The van der Waals surface area contributed by atoms with E-state index in [4.69, 9.17) is 4.74 Å². The van der Waals surface area contributed by atoms with Crippen LogP contribution in [0.5, 0.6) is 0 Å². The van der Waals surface area contributed by atoms with Gasteiger partial charge in [-0.3, -0.25) is 4.68 Å². The molecule has 0 aromatic carbocycles. The highest BCUT2D eigenvalue weighted by Crippen LogP contribution is 2.24. The summed E-state index contributed by atoms with van der Waals surface area (Å²) in [7, 11) is 3.31. The predicted molar refractivity (Wildman–Crippen MR) is 97.0 cm³/mol. The van der Waals surface area contributed by atoms with Crippen molar-refractivity contribution in [3.8, 4) is 0 Å². The molecule has 0 spiro atoms. The van der Waals surface area contributed by atoms with Crippen LogP contribution in [-0.2, 0) is 11.8 Å². The standard InChI is InChI=1S/C16H19N7O2/c1-11(6-7-12(2)25-5)18-15-13(23(4)24)10-17-16(20-15)19-14-8-9-22(3)21-14/h6-10H,1-2,4H2,3,5H3,(H2,17,18,19,20,21)/b7-6-. The molecule has 0 aliphatic heterocycles. The van der Waals surface area contributed by atoms with Crippen LogP contribution >= 0.6 is 0 Å². The van der Waals surface area contributed by atoms with Crippen LogP contribution < -0.4 is 10.6 Å². The van der Waals surface area contributed by atoms with Crippen molar-refractivity contribution < 1.29 is 9.48 Å². The number of aryl methyl sites for hydroxylation is 1. The number of methoxy groups -OCH3 is 1. The van der Waals surface area contributed by atoms with Gasteiger partial charge in [0.05, 0.1) is 7.11 Å². The molecule has 0 aliphatic carbocycles. The lowest BCUT2D eigenvalue weighted by Crippen LogP contribution is -2.07. The van der Waals surface area contributed by atoms with Crippen molar-refractivity contribution in [2.75, 3.05) is 17.7 Å². The number of nitrogens with one attached hydrogen (secondary N) is 2. The quantitative estimate of drug-likeness (QED) is 0.190. The van der Waals surface area contributed by atoms with Crippen molar-refractivity contribution in [1.82, 2.24) is 19.7 Å². The van der Waals surface area contributed by atoms with E-state index in [0.717, 1.165) is 0 Å². The molecule has 0 aliphatic rings. The van der Waals surface area contributed by atoms with E-state index in [1.54, 1.807) is 36.1 Å². The Kier molecular flexibility index (Phi) is 5.51. The second kappa shape index (κ2) is 7.77. The first kappa shape index (κ1) is 17.7. The van der Waals surface area contributed by atoms with Gasteiger partial charge in [0.1, 0.15) is 18.7 Å². The van der Waals surface area contributed by atoms with Crippen molar-refractivity contribution in [2.24, 2.45) is 7.05 Å². The summed E-state index contributed by atoms with van der Waals surface area (Å²) in [5, 5.41) is 21.7. The van der Waals surface area contributed by atoms with Gasteiger partial charge in [0.25, 0.3) is 5.69 Å². The molecular formula is C16H19N7O2. The zero-order valence-corrected chi connectivity index (χ0v) is 14.1. The van der Waals surface area contributed by atoms with E-state index in [2.05, 4.69) is 45.6 Å². The largest absolute Gasteiger partial charge is 0.619 e. The van der Waals surface area contributed by atoms with Gasteiger partial charge in [0.2, 0.25) is 11.8 Å². The third-order valence-corrected chi connectivity index (χ3v) is 3.00. The monoisotopic (exact) mass is 341 g/mol. The molecule has 0 atom stereocenters. The van der Waals surface area contributed by atoms with E-state index in [1.807, 2.05) is 0 Å². The number of aromatic nitrogens is 4. The molecule has 130 valence electrons. The average Bonchev–Trinajstić information content (AvgIpc) is 2.97. The minimum absolute atomic E-state index is 0.159. The Balaban J connectivity index is 2.22. The molecule has 2 aromatic rings. The number of nitrogens with zero attached hydrogens (tertiary/aromatic N) is 5. The topological polar surface area (TPSA) is 103 Å². The Labute approximate surface area is 145 Å². The van der Waals surface area contributed by atoms with Gasteiger partial charge >= 0.3 is 0 Å². The number of hydrogen-bond donors (Lipinski definition) is 2. The van der Waals surface area contributed by atoms with Gasteiger partial charge in [0.15, 0.2) is 5.82 Å². The third kappa shape index (κ3) is 4.93. The molecule has 2 N–H and O–H groups in total. The SMILES string of the molecule is C=C(/C=C\C(=C)OC)Nc1nc(Nc2ccn(C)n2)ncc1[N+](=C)[O-]. The molecule has 0 unspecified atom stereocenters. The van der Waals surface area contributed by atoms with Gasteiger partial charge in [-0.2, -0.15) is 14.8 Å². The highest BCUT2D eigenvalue weighted by atomic mass is 16.5. The lowest BCUT2D eigenvalue weighted by molar-refractivity contribution is -0.349. The Morgan fingerprint density at radius 2 is 2.16 bits per heavy atom. The van der Waals surface area contributed by atoms with Gasteiger partial charge in [-0.1, -0.05) is 13.2 Å². The normalized spacial score (nSPS) is 10.5. The number of anilines is 3. The van der Waals surface area contributed by atoms with Gasteiger partial charge in [-0.15, -0.1) is 0 Å². The van der Waals surface area contributed by atoms with E-state index >= 15 is 0 Å². The number of ether oxygens (including phenoxy) is 1. The summed E-state index contributed by atoms with van der Waals surface area (Å²) in [5.74, 6) is 1.55. The second-order valence-corrected chi connectivity index (χ2v) is 4.96. The van der Waals surface area contributed by atoms with Crippen LogP contribution in [0.4, 0.5) is 23.3 Å². The molecule has 2 rings (SSSR count). The highest BCUT2D eigenvalue weighted by molar-refractivity contribution is 5.63. The molecule has 0 saturated heterocycles. The Hall–Kier alpha value is -3.62. The van der Waals surface area contributed by atoms with Crippen LogP contribution in [0.3, 0.4) is 0 Å². The predicted octanol–water partition coefficient (Wildman–Crippen LogP) is 2.44. The van der Waals surface area contributed by atoms with E-state index in [1.165, 1.54) is 13.3 Å². The average molecular weight is 341 g/mol. The van der Waals surface area contributed by atoms with Crippen LogP contribution in [-0.4, -0.2) is 38.3 Å². The first-order valence-electron chi connectivity index (χ1n) is 7.17. The number of rotatable bonds is 8. The number of hydrogen-bond acceptors (Lipinski definition) is 7. The lowest BCUT2D eigenvalue weighted by Gasteiger charge is -2.10. The molecule has 0 amide bonds. The zero-order valence-electron chi connectivity index (χ0n) is 14.1. The van der Waals surface area contributed by atoms with Gasteiger partial charge in [-0.05, 0) is 12.2 Å². The molecule has 0 bridgehead atoms. The van der Waals surface area contributed by atoms with Crippen molar-refractivity contribution in [1.29, 1.82) is 0 Å². The van der Waals surface area contributed by atoms with E-state index in [9.17, 15) is 5.21 Å². The summed E-state index contributed by atoms with van der Waals surface area (Å²) in [6, 6.07) is 1.77. The van der Waals surface area contributed by atoms with Crippen LogP contribution in [0.15, 0.2) is 55.2 Å². The van der Waals surface area contributed by atoms with Gasteiger partial charge in [-0.25, -0.2) is 4.98 Å². The molecule has 9 nitrogen and oxygen atoms in total. The fraction of sp³-hybridized carbons (Fsp3) is 0.125. The molecule has 0 fully saturated rings. The smallest absolute Gasteiger partial charge is 0.277 e. The van der Waals surface area contributed by atoms with E-state index < -0.39 is 0 Å². The molecule has 2 heterocycles. The van der Waals surface area contributed by atoms with Crippen molar-refractivity contribution in [3.63, 3.8) is 0 Å². The van der Waals surface area contributed by atoms with E-state index in [-0.39, 0.29) is 17.5 Å². The summed E-state index contributed by atoms with van der Waals surface area (Å²) in [4.78, 5) is 8.36. The van der Waals surface area contributed by atoms with Crippen LogP contribution in [0, 0.1) is 5.21 Å². The van der Waals surface area contributed by atoms with Crippen molar-refractivity contribution >= 4 is 30.0 Å². The molecule has 2 aromatic heterocycles. The zero-order chi connectivity index (χ0) is 18.4. The molecule has 25 heavy (non-hydrogen) atoms. The molecular weight excluding hydrogens is 322 g/mol. The Bertz CT molecular complexity index is 839. The Morgan fingerprint density at radius 3 is 2.76 bits per heavy atom. The maximum atomic E-state index is 11.6. The lowest BCUT2D eigenvalue weighted by atomic mass is 10.3. The summed E-state index contributed by atoms with van der Waals surface area (Å²) in [6.07, 6.45) is 6.40. The summed E-state index contributed by atoms with van der Waals surface area (Å²) in [5.41, 5.74) is 0.635. The fourth-order valence-electron chi connectivity index (χ4n) is 1.76. The highest BCUT2D eigenvalue weighted by Gasteiger charge is 2.14. The minimum Gasteiger partial charge on any atom is -0.619 e. The summed E-state index contributed by atoms with van der Waals surface area (Å²) in [6.45, 7) is 10.8. The maximum Gasteiger partial charge on any atom is 0.277 e. The van der Waals surface area contributed by atoms with Crippen molar-refractivity contribution in [2.45, 2.75) is 0 Å². The molecule has 0 saturated carbocycles. The van der Waals surface area contributed by atoms with Crippen LogP contribution in [0.2, 0.25) is 0 Å². The first-order chi connectivity index (χ1) is 11.9. The van der Waals surface area contributed by atoms with Gasteiger partial charge in [0, 0.05) is 25.0 Å². The van der Waals surface area contributed by atoms with E-state index in [0.29, 0.717) is 22.0 Å². The summed E-state index contributed by atoms with van der Waals surface area (Å²) >= 11 is 0. The third-order valence-electron chi connectivity index (χ3n) is 3.00. The first-order valence-corrected chi connectivity index (χ1v) is 7.17. The maximum absolute atomic E-state index is 11.6. The number of allylic oxidation sites excluding steroid dienone is 2. The van der Waals surface area contributed by atoms with Crippen LogP contribution in [0.1, 0.15) is 0 Å². The minimum atomic E-state index is 0.159. The Morgan fingerprint density at radius 1 is 1.40 bits per heavy atom. The van der Waals surface area contributed by atoms with Crippen molar-refractivity contribution in [3.05, 3.63) is 60.4 Å². The summed E-state index contributed by atoms with van der Waals surface area (Å²) < 4.78 is 6.99.